The zero-order chi connectivity index (χ0) is 12.4. The van der Waals surface area contributed by atoms with Crippen molar-refractivity contribution in [3.63, 3.8) is 0 Å². The summed E-state index contributed by atoms with van der Waals surface area (Å²) in [4.78, 5) is 0. The molecule has 0 spiro atoms. The summed E-state index contributed by atoms with van der Waals surface area (Å²) in [6, 6.07) is 5.74. The summed E-state index contributed by atoms with van der Waals surface area (Å²) in [7, 11) is 0. The lowest BCUT2D eigenvalue weighted by Gasteiger charge is -2.30. The predicted octanol–water partition coefficient (Wildman–Crippen LogP) is 4.96. The molecule has 94 valence electrons. The van der Waals surface area contributed by atoms with Crippen LogP contribution < -0.4 is 0 Å². The summed E-state index contributed by atoms with van der Waals surface area (Å²) in [5.74, 6) is 1.12. The number of halogens is 2. The fraction of sp³-hybridized carbons (Fsp3) is 0.571. The summed E-state index contributed by atoms with van der Waals surface area (Å²) < 4.78 is 0.882. The average molecular weight is 318 g/mol. The lowest BCUT2D eigenvalue weighted by Crippen LogP contribution is -2.20. The third kappa shape index (κ3) is 3.24. The SMILES string of the molecule is CC1CCCC(C(O)c2ccc(Br)c(Cl)c2)C1. The Morgan fingerprint density at radius 3 is 2.82 bits per heavy atom. The molecule has 3 atom stereocenters. The van der Waals surface area contributed by atoms with Crippen LogP contribution in [0.4, 0.5) is 0 Å². The highest BCUT2D eigenvalue weighted by Crippen LogP contribution is 2.38. The summed E-state index contributed by atoms with van der Waals surface area (Å²) >= 11 is 9.44. The van der Waals surface area contributed by atoms with E-state index in [1.165, 1.54) is 12.8 Å². The molecule has 0 saturated heterocycles. The molecule has 0 heterocycles. The summed E-state index contributed by atoms with van der Waals surface area (Å²) in [6.07, 6.45) is 4.40. The van der Waals surface area contributed by atoms with E-state index in [0.29, 0.717) is 10.9 Å². The molecule has 17 heavy (non-hydrogen) atoms. The molecule has 0 radical (unpaired) electrons. The normalized spacial score (nSPS) is 26.8. The van der Waals surface area contributed by atoms with Crippen LogP contribution >= 0.6 is 27.5 Å². The van der Waals surface area contributed by atoms with E-state index in [4.69, 9.17) is 11.6 Å². The molecule has 1 fully saturated rings. The van der Waals surface area contributed by atoms with Gasteiger partial charge in [0.25, 0.3) is 0 Å². The van der Waals surface area contributed by atoms with Crippen LogP contribution in [0.5, 0.6) is 0 Å². The lowest BCUT2D eigenvalue weighted by atomic mass is 9.78. The number of hydrogen-bond acceptors (Lipinski definition) is 1. The standard InChI is InChI=1S/C14H18BrClO/c1-9-3-2-4-10(7-9)14(17)11-5-6-12(15)13(16)8-11/h5-6,8-10,14,17H,2-4,7H2,1H3. The van der Waals surface area contributed by atoms with E-state index in [1.807, 2.05) is 18.2 Å². The van der Waals surface area contributed by atoms with Crippen molar-refractivity contribution in [1.29, 1.82) is 0 Å². The van der Waals surface area contributed by atoms with E-state index in [1.54, 1.807) is 0 Å². The van der Waals surface area contributed by atoms with Crippen LogP contribution in [-0.4, -0.2) is 5.11 Å². The average Bonchev–Trinajstić information content (AvgIpc) is 2.32. The Labute approximate surface area is 116 Å². The van der Waals surface area contributed by atoms with Gasteiger partial charge in [0.2, 0.25) is 0 Å². The van der Waals surface area contributed by atoms with Crippen LogP contribution in [0.2, 0.25) is 5.02 Å². The highest BCUT2D eigenvalue weighted by Gasteiger charge is 2.26. The van der Waals surface area contributed by atoms with Gasteiger partial charge in [-0.1, -0.05) is 37.4 Å². The lowest BCUT2D eigenvalue weighted by molar-refractivity contribution is 0.0714. The van der Waals surface area contributed by atoms with Crippen LogP contribution in [-0.2, 0) is 0 Å². The molecular weight excluding hydrogens is 300 g/mol. The van der Waals surface area contributed by atoms with E-state index in [0.717, 1.165) is 28.8 Å². The molecule has 1 saturated carbocycles. The molecule has 1 nitrogen and oxygen atoms in total. The van der Waals surface area contributed by atoms with E-state index in [9.17, 15) is 5.11 Å². The molecule has 3 unspecified atom stereocenters. The van der Waals surface area contributed by atoms with E-state index < -0.39 is 0 Å². The number of rotatable bonds is 2. The molecule has 0 aliphatic heterocycles. The predicted molar refractivity (Wildman–Crippen MR) is 75.2 cm³/mol. The molecule has 0 amide bonds. The Hall–Kier alpha value is -0.0500. The van der Waals surface area contributed by atoms with Gasteiger partial charge in [0, 0.05) is 4.47 Å². The first-order valence-electron chi connectivity index (χ1n) is 6.21. The second kappa shape index (κ2) is 5.73. The molecule has 1 N–H and O–H groups in total. The molecule has 1 aromatic rings. The first-order chi connectivity index (χ1) is 8.08. The molecular formula is C14H18BrClO. The molecule has 0 aromatic heterocycles. The van der Waals surface area contributed by atoms with Crippen LogP contribution in [0.3, 0.4) is 0 Å². The Morgan fingerprint density at radius 2 is 2.18 bits per heavy atom. The molecule has 1 aliphatic carbocycles. The Morgan fingerprint density at radius 1 is 1.41 bits per heavy atom. The van der Waals surface area contributed by atoms with Gasteiger partial charge in [-0.25, -0.2) is 0 Å². The minimum Gasteiger partial charge on any atom is -0.388 e. The van der Waals surface area contributed by atoms with E-state index in [2.05, 4.69) is 22.9 Å². The number of benzene rings is 1. The van der Waals surface area contributed by atoms with Crippen molar-refractivity contribution in [3.8, 4) is 0 Å². The van der Waals surface area contributed by atoms with Gasteiger partial charge < -0.3 is 5.11 Å². The van der Waals surface area contributed by atoms with Crippen molar-refractivity contribution in [1.82, 2.24) is 0 Å². The first kappa shape index (κ1) is 13.4. The van der Waals surface area contributed by atoms with Crippen molar-refractivity contribution in [2.75, 3.05) is 0 Å². The maximum absolute atomic E-state index is 10.4. The number of hydrogen-bond donors (Lipinski definition) is 1. The second-order valence-corrected chi connectivity index (χ2v) is 6.41. The quantitative estimate of drug-likeness (QED) is 0.817. The summed E-state index contributed by atoms with van der Waals surface area (Å²) in [5, 5.41) is 11.1. The smallest absolute Gasteiger partial charge is 0.0818 e. The van der Waals surface area contributed by atoms with Gasteiger partial charge in [-0.15, -0.1) is 0 Å². The van der Waals surface area contributed by atoms with Crippen molar-refractivity contribution >= 4 is 27.5 Å². The van der Waals surface area contributed by atoms with Gasteiger partial charge in [-0.2, -0.15) is 0 Å². The molecule has 0 bridgehead atoms. The highest BCUT2D eigenvalue weighted by atomic mass is 79.9. The second-order valence-electron chi connectivity index (χ2n) is 5.15. The fourth-order valence-electron chi connectivity index (χ4n) is 2.74. The molecule has 2 rings (SSSR count). The largest absolute Gasteiger partial charge is 0.388 e. The van der Waals surface area contributed by atoms with Crippen molar-refractivity contribution in [2.45, 2.75) is 38.7 Å². The van der Waals surface area contributed by atoms with Crippen LogP contribution in [0.15, 0.2) is 22.7 Å². The zero-order valence-corrected chi connectivity index (χ0v) is 12.3. The highest BCUT2D eigenvalue weighted by molar-refractivity contribution is 9.10. The molecule has 3 heteroatoms. The van der Waals surface area contributed by atoms with E-state index in [-0.39, 0.29) is 6.10 Å². The van der Waals surface area contributed by atoms with Crippen molar-refractivity contribution in [3.05, 3.63) is 33.3 Å². The third-order valence-corrected chi connectivity index (χ3v) is 4.94. The van der Waals surface area contributed by atoms with Gasteiger partial charge in [0.05, 0.1) is 11.1 Å². The summed E-state index contributed by atoms with van der Waals surface area (Å²) in [6.45, 7) is 2.27. The number of aliphatic hydroxyl groups excluding tert-OH is 1. The van der Waals surface area contributed by atoms with Gasteiger partial charge >= 0.3 is 0 Å². The molecule has 1 aliphatic rings. The minimum atomic E-state index is -0.372. The monoisotopic (exact) mass is 316 g/mol. The maximum Gasteiger partial charge on any atom is 0.0818 e. The van der Waals surface area contributed by atoms with Crippen molar-refractivity contribution < 1.29 is 5.11 Å². The first-order valence-corrected chi connectivity index (χ1v) is 7.38. The van der Waals surface area contributed by atoms with Gasteiger partial charge in [-0.05, 0) is 58.3 Å². The van der Waals surface area contributed by atoms with Crippen LogP contribution in [0.25, 0.3) is 0 Å². The third-order valence-electron chi connectivity index (χ3n) is 3.71. The Kier molecular flexibility index (Phi) is 4.51. The van der Waals surface area contributed by atoms with Crippen LogP contribution in [0.1, 0.15) is 44.3 Å². The van der Waals surface area contributed by atoms with Gasteiger partial charge in [0.15, 0.2) is 0 Å². The van der Waals surface area contributed by atoms with E-state index >= 15 is 0 Å². The Balaban J connectivity index is 2.12. The topological polar surface area (TPSA) is 20.2 Å². The minimum absolute atomic E-state index is 0.372. The Bertz CT molecular complexity index is 394. The number of aliphatic hydroxyl groups is 1. The summed E-state index contributed by atoms with van der Waals surface area (Å²) in [5.41, 5.74) is 0.942. The maximum atomic E-state index is 10.4. The van der Waals surface area contributed by atoms with Gasteiger partial charge in [0.1, 0.15) is 0 Å². The molecule has 1 aromatic carbocycles. The fourth-order valence-corrected chi connectivity index (χ4v) is 3.17. The van der Waals surface area contributed by atoms with Crippen molar-refractivity contribution in [2.24, 2.45) is 11.8 Å². The zero-order valence-electron chi connectivity index (χ0n) is 10.00. The van der Waals surface area contributed by atoms with Gasteiger partial charge in [-0.3, -0.25) is 0 Å². The van der Waals surface area contributed by atoms with Crippen LogP contribution in [0, 0.1) is 11.8 Å².